The van der Waals surface area contributed by atoms with Crippen LogP contribution >= 0.6 is 0 Å². The zero-order valence-electron chi connectivity index (χ0n) is 13.1. The van der Waals surface area contributed by atoms with Crippen molar-refractivity contribution in [2.24, 2.45) is 5.73 Å². The molecule has 0 aromatic heterocycles. The first-order valence-electron chi connectivity index (χ1n) is 7.41. The van der Waals surface area contributed by atoms with Crippen molar-refractivity contribution in [2.75, 3.05) is 26.7 Å². The standard InChI is InChI=1S/C17H30N2/c1-17(2,3)16-9-7-15(8-10-16)11-14-19(4)13-6-5-12-18/h7-10H,5-6,11-14,18H2,1-4H3. The molecule has 0 radical (unpaired) electrons. The van der Waals surface area contributed by atoms with Gasteiger partial charge in [-0.2, -0.15) is 0 Å². The molecule has 0 saturated carbocycles. The highest BCUT2D eigenvalue weighted by molar-refractivity contribution is 5.27. The van der Waals surface area contributed by atoms with Crippen LogP contribution in [0.1, 0.15) is 44.7 Å². The maximum atomic E-state index is 5.51. The van der Waals surface area contributed by atoms with Crippen LogP contribution in [0.4, 0.5) is 0 Å². The summed E-state index contributed by atoms with van der Waals surface area (Å²) in [6, 6.07) is 9.08. The summed E-state index contributed by atoms with van der Waals surface area (Å²) < 4.78 is 0. The van der Waals surface area contributed by atoms with Gasteiger partial charge in [0.2, 0.25) is 0 Å². The van der Waals surface area contributed by atoms with E-state index in [2.05, 4.69) is 57.0 Å². The number of likely N-dealkylation sites (N-methyl/N-ethyl adjacent to an activating group) is 1. The highest BCUT2D eigenvalue weighted by Crippen LogP contribution is 2.22. The van der Waals surface area contributed by atoms with E-state index in [1.807, 2.05) is 0 Å². The van der Waals surface area contributed by atoms with Gasteiger partial charge in [0.15, 0.2) is 0 Å². The Balaban J connectivity index is 2.37. The maximum Gasteiger partial charge on any atom is 0.00188 e. The Labute approximate surface area is 119 Å². The van der Waals surface area contributed by atoms with Crippen molar-refractivity contribution in [2.45, 2.75) is 45.4 Å². The molecule has 19 heavy (non-hydrogen) atoms. The molecule has 0 unspecified atom stereocenters. The number of benzene rings is 1. The summed E-state index contributed by atoms with van der Waals surface area (Å²) in [6.07, 6.45) is 3.46. The number of hydrogen-bond donors (Lipinski definition) is 1. The lowest BCUT2D eigenvalue weighted by Gasteiger charge is -2.20. The van der Waals surface area contributed by atoms with Crippen LogP contribution in [0.5, 0.6) is 0 Å². The van der Waals surface area contributed by atoms with Crippen molar-refractivity contribution in [3.8, 4) is 0 Å². The Morgan fingerprint density at radius 3 is 2.16 bits per heavy atom. The number of nitrogens with two attached hydrogens (primary N) is 1. The van der Waals surface area contributed by atoms with Gasteiger partial charge in [-0.05, 0) is 55.9 Å². The van der Waals surface area contributed by atoms with Gasteiger partial charge in [-0.1, -0.05) is 45.0 Å². The Hall–Kier alpha value is -0.860. The third-order valence-electron chi connectivity index (χ3n) is 3.60. The summed E-state index contributed by atoms with van der Waals surface area (Å²) in [5, 5.41) is 0. The number of hydrogen-bond acceptors (Lipinski definition) is 2. The molecular weight excluding hydrogens is 232 g/mol. The summed E-state index contributed by atoms with van der Waals surface area (Å²) in [6.45, 7) is 9.85. The summed E-state index contributed by atoms with van der Waals surface area (Å²) >= 11 is 0. The maximum absolute atomic E-state index is 5.51. The van der Waals surface area contributed by atoms with Gasteiger partial charge < -0.3 is 10.6 Å². The number of unbranched alkanes of at least 4 members (excludes halogenated alkanes) is 1. The second-order valence-electron chi connectivity index (χ2n) is 6.50. The molecule has 0 aliphatic carbocycles. The van der Waals surface area contributed by atoms with E-state index >= 15 is 0 Å². The van der Waals surface area contributed by atoms with E-state index < -0.39 is 0 Å². The van der Waals surface area contributed by atoms with E-state index in [0.29, 0.717) is 0 Å². The molecule has 108 valence electrons. The van der Waals surface area contributed by atoms with Crippen LogP contribution in [0.3, 0.4) is 0 Å². The Kier molecular flexibility index (Phi) is 6.53. The fourth-order valence-corrected chi connectivity index (χ4v) is 2.13. The van der Waals surface area contributed by atoms with Gasteiger partial charge in [-0.25, -0.2) is 0 Å². The molecule has 1 aromatic carbocycles. The van der Waals surface area contributed by atoms with Crippen LogP contribution in [-0.2, 0) is 11.8 Å². The quantitative estimate of drug-likeness (QED) is 0.765. The molecule has 0 bridgehead atoms. The monoisotopic (exact) mass is 262 g/mol. The van der Waals surface area contributed by atoms with Crippen LogP contribution in [0.2, 0.25) is 0 Å². The fourth-order valence-electron chi connectivity index (χ4n) is 2.13. The third kappa shape index (κ3) is 6.22. The van der Waals surface area contributed by atoms with Crippen LogP contribution in [0.15, 0.2) is 24.3 Å². The predicted molar refractivity (Wildman–Crippen MR) is 84.6 cm³/mol. The molecule has 0 heterocycles. The van der Waals surface area contributed by atoms with E-state index in [9.17, 15) is 0 Å². The molecule has 1 rings (SSSR count). The van der Waals surface area contributed by atoms with Gasteiger partial charge in [0.25, 0.3) is 0 Å². The molecule has 0 atom stereocenters. The van der Waals surface area contributed by atoms with Gasteiger partial charge in [-0.15, -0.1) is 0 Å². The van der Waals surface area contributed by atoms with Crippen molar-refractivity contribution in [1.82, 2.24) is 4.90 Å². The molecule has 0 aliphatic rings. The highest BCUT2D eigenvalue weighted by Gasteiger charge is 2.12. The Morgan fingerprint density at radius 2 is 1.63 bits per heavy atom. The lowest BCUT2D eigenvalue weighted by Crippen LogP contribution is -2.23. The van der Waals surface area contributed by atoms with E-state index in [1.54, 1.807) is 0 Å². The largest absolute Gasteiger partial charge is 0.330 e. The zero-order valence-corrected chi connectivity index (χ0v) is 13.1. The van der Waals surface area contributed by atoms with Crippen molar-refractivity contribution < 1.29 is 0 Å². The minimum atomic E-state index is 0.248. The smallest absolute Gasteiger partial charge is 0.00188 e. The summed E-state index contributed by atoms with van der Waals surface area (Å²) in [4.78, 5) is 2.40. The zero-order chi connectivity index (χ0) is 14.3. The Bertz CT molecular complexity index is 349. The van der Waals surface area contributed by atoms with Gasteiger partial charge in [-0.3, -0.25) is 0 Å². The first-order chi connectivity index (χ1) is 8.93. The SMILES string of the molecule is CN(CCCCN)CCc1ccc(C(C)(C)C)cc1. The van der Waals surface area contributed by atoms with E-state index in [0.717, 1.165) is 32.5 Å². The van der Waals surface area contributed by atoms with Gasteiger partial charge in [0.05, 0.1) is 0 Å². The van der Waals surface area contributed by atoms with Crippen molar-refractivity contribution in [3.63, 3.8) is 0 Å². The first kappa shape index (κ1) is 16.2. The van der Waals surface area contributed by atoms with E-state index in [-0.39, 0.29) is 5.41 Å². The number of rotatable bonds is 7. The molecule has 2 N–H and O–H groups in total. The third-order valence-corrected chi connectivity index (χ3v) is 3.60. The molecule has 1 aromatic rings. The average molecular weight is 262 g/mol. The van der Waals surface area contributed by atoms with Crippen molar-refractivity contribution in [3.05, 3.63) is 35.4 Å². The first-order valence-corrected chi connectivity index (χ1v) is 7.41. The van der Waals surface area contributed by atoms with Crippen molar-refractivity contribution >= 4 is 0 Å². The molecule has 0 saturated heterocycles. The second-order valence-corrected chi connectivity index (χ2v) is 6.50. The minimum Gasteiger partial charge on any atom is -0.330 e. The summed E-state index contributed by atoms with van der Waals surface area (Å²) in [5.74, 6) is 0. The van der Waals surface area contributed by atoms with Crippen LogP contribution in [0, 0.1) is 0 Å². The van der Waals surface area contributed by atoms with Crippen LogP contribution in [0.25, 0.3) is 0 Å². The second kappa shape index (κ2) is 7.66. The van der Waals surface area contributed by atoms with Gasteiger partial charge in [0, 0.05) is 6.54 Å². The fraction of sp³-hybridized carbons (Fsp3) is 0.647. The average Bonchev–Trinajstić information content (AvgIpc) is 2.36. The molecule has 0 amide bonds. The van der Waals surface area contributed by atoms with E-state index in [4.69, 9.17) is 5.73 Å². The van der Waals surface area contributed by atoms with E-state index in [1.165, 1.54) is 17.5 Å². The topological polar surface area (TPSA) is 29.3 Å². The molecule has 0 aliphatic heterocycles. The highest BCUT2D eigenvalue weighted by atomic mass is 15.1. The molecule has 0 spiro atoms. The normalized spacial score (nSPS) is 12.1. The summed E-state index contributed by atoms with van der Waals surface area (Å²) in [5.41, 5.74) is 8.60. The van der Waals surface area contributed by atoms with Crippen LogP contribution in [-0.4, -0.2) is 31.6 Å². The van der Waals surface area contributed by atoms with Gasteiger partial charge in [0.1, 0.15) is 0 Å². The van der Waals surface area contributed by atoms with Crippen molar-refractivity contribution in [1.29, 1.82) is 0 Å². The Morgan fingerprint density at radius 1 is 1.00 bits per heavy atom. The molecule has 2 heteroatoms. The number of nitrogens with zero attached hydrogens (tertiary/aromatic N) is 1. The van der Waals surface area contributed by atoms with Crippen LogP contribution < -0.4 is 5.73 Å². The summed E-state index contributed by atoms with van der Waals surface area (Å²) in [7, 11) is 2.19. The van der Waals surface area contributed by atoms with Gasteiger partial charge >= 0.3 is 0 Å². The minimum absolute atomic E-state index is 0.248. The predicted octanol–water partition coefficient (Wildman–Crippen LogP) is 3.20. The molecule has 0 fully saturated rings. The lowest BCUT2D eigenvalue weighted by atomic mass is 9.86. The lowest BCUT2D eigenvalue weighted by molar-refractivity contribution is 0.331. The molecule has 2 nitrogen and oxygen atoms in total. The molecular formula is C17H30N2.